The largest absolute Gasteiger partial charge is 0.344 e. The molecule has 3 aromatic rings. The number of nitrogens with zero attached hydrogens (tertiary/aromatic N) is 1. The van der Waals surface area contributed by atoms with Gasteiger partial charge >= 0.3 is 0 Å². The first-order chi connectivity index (χ1) is 13.6. The third-order valence-electron chi connectivity index (χ3n) is 4.91. The standard InChI is InChI=1S/C24H20N2O2/c1-17-20-14-8-9-15-21(20)24(28)26(17)16-22(27)25-23(18-10-4-2-5-11-18)19-12-6-3-7-13-19/h2-15,23H,1,16H2,(H,25,27). The van der Waals surface area contributed by atoms with Crippen LogP contribution in [0.4, 0.5) is 0 Å². The van der Waals surface area contributed by atoms with Gasteiger partial charge in [0.1, 0.15) is 6.54 Å². The van der Waals surface area contributed by atoms with E-state index in [9.17, 15) is 9.59 Å². The van der Waals surface area contributed by atoms with Gasteiger partial charge in [0.25, 0.3) is 5.91 Å². The second kappa shape index (κ2) is 7.53. The molecule has 0 saturated heterocycles. The van der Waals surface area contributed by atoms with Crippen molar-refractivity contribution in [1.29, 1.82) is 0 Å². The number of benzene rings is 3. The van der Waals surface area contributed by atoms with Crippen molar-refractivity contribution in [2.75, 3.05) is 6.54 Å². The second-order valence-corrected chi connectivity index (χ2v) is 6.71. The Kier molecular flexibility index (Phi) is 4.77. The molecular formula is C24H20N2O2. The first-order valence-corrected chi connectivity index (χ1v) is 9.14. The average Bonchev–Trinajstić information content (AvgIpc) is 2.98. The molecule has 0 aromatic heterocycles. The predicted octanol–water partition coefficient (Wildman–Crippen LogP) is 4.02. The van der Waals surface area contributed by atoms with E-state index in [0.717, 1.165) is 16.7 Å². The fourth-order valence-corrected chi connectivity index (χ4v) is 3.50. The van der Waals surface area contributed by atoms with Crippen LogP contribution in [-0.2, 0) is 4.79 Å². The Balaban J connectivity index is 1.55. The Morgan fingerprint density at radius 1 is 0.821 bits per heavy atom. The Morgan fingerprint density at radius 2 is 1.32 bits per heavy atom. The molecular weight excluding hydrogens is 348 g/mol. The van der Waals surface area contributed by atoms with Crippen LogP contribution in [0.15, 0.2) is 91.5 Å². The zero-order valence-electron chi connectivity index (χ0n) is 15.3. The van der Waals surface area contributed by atoms with E-state index in [1.165, 1.54) is 4.90 Å². The van der Waals surface area contributed by atoms with Gasteiger partial charge in [-0.15, -0.1) is 0 Å². The summed E-state index contributed by atoms with van der Waals surface area (Å²) >= 11 is 0. The second-order valence-electron chi connectivity index (χ2n) is 6.71. The summed E-state index contributed by atoms with van der Waals surface area (Å²) in [6.07, 6.45) is 0. The number of fused-ring (bicyclic) bond motifs is 1. The molecule has 2 amide bonds. The molecule has 0 unspecified atom stereocenters. The molecule has 4 heteroatoms. The lowest BCUT2D eigenvalue weighted by Crippen LogP contribution is -2.39. The normalized spacial score (nSPS) is 13.0. The van der Waals surface area contributed by atoms with Crippen LogP contribution >= 0.6 is 0 Å². The van der Waals surface area contributed by atoms with Gasteiger partial charge in [0.15, 0.2) is 0 Å². The SMILES string of the molecule is C=C1c2ccccc2C(=O)N1CC(=O)NC(c1ccccc1)c1ccccc1. The molecule has 1 N–H and O–H groups in total. The highest BCUT2D eigenvalue weighted by molar-refractivity contribution is 6.10. The Bertz CT molecular complexity index is 954. The maximum absolute atomic E-state index is 12.9. The van der Waals surface area contributed by atoms with Gasteiger partial charge in [-0.05, 0) is 17.2 Å². The summed E-state index contributed by atoms with van der Waals surface area (Å²) in [6, 6.07) is 26.6. The van der Waals surface area contributed by atoms with Crippen LogP contribution in [0.25, 0.3) is 5.70 Å². The van der Waals surface area contributed by atoms with Crippen molar-refractivity contribution in [2.45, 2.75) is 6.04 Å². The minimum absolute atomic E-state index is 0.0670. The summed E-state index contributed by atoms with van der Waals surface area (Å²) in [6.45, 7) is 3.93. The van der Waals surface area contributed by atoms with E-state index in [4.69, 9.17) is 0 Å². The van der Waals surface area contributed by atoms with Crippen molar-refractivity contribution >= 4 is 17.5 Å². The van der Waals surface area contributed by atoms with E-state index < -0.39 is 0 Å². The van der Waals surface area contributed by atoms with Gasteiger partial charge in [0, 0.05) is 16.8 Å². The maximum Gasteiger partial charge on any atom is 0.259 e. The van der Waals surface area contributed by atoms with Crippen molar-refractivity contribution in [1.82, 2.24) is 10.2 Å². The quantitative estimate of drug-likeness (QED) is 0.739. The molecule has 28 heavy (non-hydrogen) atoms. The molecule has 4 rings (SSSR count). The molecule has 0 saturated carbocycles. The van der Waals surface area contributed by atoms with Crippen molar-refractivity contribution in [2.24, 2.45) is 0 Å². The van der Waals surface area contributed by atoms with Gasteiger partial charge in [-0.3, -0.25) is 14.5 Å². The van der Waals surface area contributed by atoms with Crippen LogP contribution in [0, 0.1) is 0 Å². The van der Waals surface area contributed by atoms with E-state index in [1.807, 2.05) is 78.9 Å². The molecule has 0 spiro atoms. The number of hydrogen-bond acceptors (Lipinski definition) is 2. The number of rotatable bonds is 5. The highest BCUT2D eigenvalue weighted by Crippen LogP contribution is 2.31. The minimum atomic E-state index is -0.289. The highest BCUT2D eigenvalue weighted by atomic mass is 16.2. The molecule has 1 aliphatic rings. The molecule has 0 radical (unpaired) electrons. The summed E-state index contributed by atoms with van der Waals surface area (Å²) in [7, 11) is 0. The highest BCUT2D eigenvalue weighted by Gasteiger charge is 2.32. The van der Waals surface area contributed by atoms with Crippen LogP contribution in [-0.4, -0.2) is 23.3 Å². The van der Waals surface area contributed by atoms with E-state index in [0.29, 0.717) is 11.3 Å². The fraction of sp³-hybridized carbons (Fsp3) is 0.0833. The molecule has 0 fully saturated rings. The Morgan fingerprint density at radius 3 is 1.86 bits per heavy atom. The van der Waals surface area contributed by atoms with E-state index in [1.54, 1.807) is 6.07 Å². The van der Waals surface area contributed by atoms with Crippen molar-refractivity contribution in [3.8, 4) is 0 Å². The summed E-state index contributed by atoms with van der Waals surface area (Å²) in [5, 5.41) is 3.07. The number of carbonyl (C=O) groups excluding carboxylic acids is 2. The molecule has 0 atom stereocenters. The zero-order valence-corrected chi connectivity index (χ0v) is 15.3. The number of amides is 2. The summed E-state index contributed by atoms with van der Waals surface area (Å²) < 4.78 is 0. The minimum Gasteiger partial charge on any atom is -0.344 e. The summed E-state index contributed by atoms with van der Waals surface area (Å²) in [5.74, 6) is -0.424. The van der Waals surface area contributed by atoms with E-state index >= 15 is 0 Å². The molecule has 4 nitrogen and oxygen atoms in total. The molecule has 0 aliphatic carbocycles. The molecule has 0 bridgehead atoms. The lowest BCUT2D eigenvalue weighted by atomic mass is 9.99. The Labute approximate surface area is 164 Å². The smallest absolute Gasteiger partial charge is 0.259 e. The van der Waals surface area contributed by atoms with E-state index in [2.05, 4.69) is 11.9 Å². The zero-order chi connectivity index (χ0) is 19.5. The van der Waals surface area contributed by atoms with Gasteiger partial charge in [-0.2, -0.15) is 0 Å². The van der Waals surface area contributed by atoms with Crippen LogP contribution in [0.5, 0.6) is 0 Å². The third kappa shape index (κ3) is 3.32. The number of carbonyl (C=O) groups is 2. The van der Waals surface area contributed by atoms with Gasteiger partial charge in [-0.25, -0.2) is 0 Å². The first kappa shape index (κ1) is 17.7. The molecule has 1 aliphatic heterocycles. The van der Waals surface area contributed by atoms with Gasteiger partial charge in [0.05, 0.1) is 6.04 Å². The lowest BCUT2D eigenvalue weighted by molar-refractivity contribution is -0.121. The summed E-state index contributed by atoms with van der Waals surface area (Å²) in [4.78, 5) is 26.9. The molecule has 138 valence electrons. The topological polar surface area (TPSA) is 49.4 Å². The van der Waals surface area contributed by atoms with Crippen LogP contribution in [0.2, 0.25) is 0 Å². The van der Waals surface area contributed by atoms with Crippen LogP contribution in [0.1, 0.15) is 33.1 Å². The summed E-state index contributed by atoms with van der Waals surface area (Å²) in [5.41, 5.74) is 3.89. The fourth-order valence-electron chi connectivity index (χ4n) is 3.50. The maximum atomic E-state index is 12.9. The first-order valence-electron chi connectivity index (χ1n) is 9.14. The van der Waals surface area contributed by atoms with Crippen molar-refractivity contribution in [3.05, 3.63) is 114 Å². The number of nitrogens with one attached hydrogen (secondary N) is 1. The van der Waals surface area contributed by atoms with Gasteiger partial charge < -0.3 is 5.32 Å². The van der Waals surface area contributed by atoms with Crippen LogP contribution in [0.3, 0.4) is 0 Å². The van der Waals surface area contributed by atoms with Crippen LogP contribution < -0.4 is 5.32 Å². The third-order valence-corrected chi connectivity index (χ3v) is 4.91. The van der Waals surface area contributed by atoms with Gasteiger partial charge in [0.2, 0.25) is 5.91 Å². The lowest BCUT2D eigenvalue weighted by Gasteiger charge is -2.22. The average molecular weight is 368 g/mol. The van der Waals surface area contributed by atoms with Crippen molar-refractivity contribution < 1.29 is 9.59 Å². The van der Waals surface area contributed by atoms with E-state index in [-0.39, 0.29) is 24.4 Å². The number of hydrogen-bond donors (Lipinski definition) is 1. The molecule has 1 heterocycles. The Hall–Kier alpha value is -3.66. The predicted molar refractivity (Wildman–Crippen MR) is 109 cm³/mol. The van der Waals surface area contributed by atoms with Crippen molar-refractivity contribution in [3.63, 3.8) is 0 Å². The van der Waals surface area contributed by atoms with Gasteiger partial charge in [-0.1, -0.05) is 85.4 Å². The monoisotopic (exact) mass is 368 g/mol. The molecule has 3 aromatic carbocycles.